The van der Waals surface area contributed by atoms with Crippen molar-refractivity contribution in [2.75, 3.05) is 6.61 Å². The maximum atomic E-state index is 12.0. The molecule has 0 bridgehead atoms. The Morgan fingerprint density at radius 2 is 2.15 bits per heavy atom. The van der Waals surface area contributed by atoms with Crippen molar-refractivity contribution in [2.45, 2.75) is 26.1 Å². The van der Waals surface area contributed by atoms with Crippen LogP contribution in [0.2, 0.25) is 0 Å². The lowest BCUT2D eigenvalue weighted by atomic mass is 10.2. The standard InChI is InChI=1S/C15H19N3O2/c1-2-20-15(19)14(12-18-10-6-9-17-18)16-11-13-7-4-3-5-8-13/h3-10,14,16H,2,11-12H2,1H3/t14-/m0/s1. The minimum atomic E-state index is -0.407. The number of nitrogens with one attached hydrogen (secondary N) is 1. The number of aromatic nitrogens is 2. The molecule has 0 saturated heterocycles. The monoisotopic (exact) mass is 273 g/mol. The highest BCUT2D eigenvalue weighted by Gasteiger charge is 2.19. The SMILES string of the molecule is CCOC(=O)[C@H](Cn1cccn1)NCc1ccccc1. The summed E-state index contributed by atoms with van der Waals surface area (Å²) < 4.78 is 6.82. The lowest BCUT2D eigenvalue weighted by Crippen LogP contribution is -2.41. The summed E-state index contributed by atoms with van der Waals surface area (Å²) in [5, 5.41) is 7.35. The van der Waals surface area contributed by atoms with Gasteiger partial charge in [0.05, 0.1) is 13.2 Å². The second kappa shape index (κ2) is 7.45. The van der Waals surface area contributed by atoms with E-state index in [9.17, 15) is 4.79 Å². The number of rotatable bonds is 7. The molecule has 0 aliphatic carbocycles. The number of esters is 1. The first-order chi connectivity index (χ1) is 9.79. The molecule has 1 atom stereocenters. The van der Waals surface area contributed by atoms with Gasteiger partial charge in [0.15, 0.2) is 0 Å². The number of nitrogens with zero attached hydrogens (tertiary/aromatic N) is 2. The van der Waals surface area contributed by atoms with Crippen LogP contribution in [0.15, 0.2) is 48.8 Å². The zero-order valence-electron chi connectivity index (χ0n) is 11.5. The Bertz CT molecular complexity index is 511. The van der Waals surface area contributed by atoms with Crippen molar-refractivity contribution in [3.8, 4) is 0 Å². The predicted molar refractivity (Wildman–Crippen MR) is 75.9 cm³/mol. The topological polar surface area (TPSA) is 56.2 Å². The summed E-state index contributed by atoms with van der Waals surface area (Å²) in [6.45, 7) is 3.26. The number of carbonyl (C=O) groups is 1. The van der Waals surface area contributed by atoms with Crippen LogP contribution in [-0.4, -0.2) is 28.4 Å². The normalized spacial score (nSPS) is 12.1. The van der Waals surface area contributed by atoms with Gasteiger partial charge in [-0.05, 0) is 18.6 Å². The molecule has 1 N–H and O–H groups in total. The molecule has 0 unspecified atom stereocenters. The minimum absolute atomic E-state index is 0.251. The molecule has 0 spiro atoms. The van der Waals surface area contributed by atoms with E-state index in [1.165, 1.54) is 0 Å². The third-order valence-electron chi connectivity index (χ3n) is 2.90. The first-order valence-corrected chi connectivity index (χ1v) is 6.71. The quantitative estimate of drug-likeness (QED) is 0.779. The van der Waals surface area contributed by atoms with Gasteiger partial charge in [-0.1, -0.05) is 30.3 Å². The van der Waals surface area contributed by atoms with Crippen LogP contribution in [0, 0.1) is 0 Å². The summed E-state index contributed by atoms with van der Waals surface area (Å²) in [7, 11) is 0. The van der Waals surface area contributed by atoms with E-state index < -0.39 is 6.04 Å². The summed E-state index contributed by atoms with van der Waals surface area (Å²) in [4.78, 5) is 12.0. The van der Waals surface area contributed by atoms with Gasteiger partial charge in [-0.3, -0.25) is 14.8 Å². The Balaban J connectivity index is 1.97. The van der Waals surface area contributed by atoms with Gasteiger partial charge < -0.3 is 4.74 Å². The average Bonchev–Trinajstić information content (AvgIpc) is 2.97. The molecular formula is C15H19N3O2. The van der Waals surface area contributed by atoms with Crippen LogP contribution in [0.5, 0.6) is 0 Å². The first-order valence-electron chi connectivity index (χ1n) is 6.71. The van der Waals surface area contributed by atoms with Crippen molar-refractivity contribution >= 4 is 5.97 Å². The third kappa shape index (κ3) is 4.20. The van der Waals surface area contributed by atoms with E-state index >= 15 is 0 Å². The van der Waals surface area contributed by atoms with E-state index in [1.54, 1.807) is 17.8 Å². The fourth-order valence-corrected chi connectivity index (χ4v) is 1.90. The van der Waals surface area contributed by atoms with Gasteiger partial charge in [-0.2, -0.15) is 5.10 Å². The van der Waals surface area contributed by atoms with E-state index in [0.717, 1.165) is 5.56 Å². The molecule has 0 aliphatic heterocycles. The summed E-state index contributed by atoms with van der Waals surface area (Å²) in [6.07, 6.45) is 3.52. The zero-order chi connectivity index (χ0) is 14.2. The molecular weight excluding hydrogens is 254 g/mol. The Morgan fingerprint density at radius 1 is 1.35 bits per heavy atom. The summed E-state index contributed by atoms with van der Waals surface area (Å²) in [6, 6.07) is 11.4. The number of hydrogen-bond acceptors (Lipinski definition) is 4. The molecule has 0 saturated carbocycles. The third-order valence-corrected chi connectivity index (χ3v) is 2.90. The molecule has 1 aromatic heterocycles. The van der Waals surface area contributed by atoms with E-state index in [1.807, 2.05) is 42.6 Å². The van der Waals surface area contributed by atoms with Crippen LogP contribution >= 0.6 is 0 Å². The maximum absolute atomic E-state index is 12.0. The van der Waals surface area contributed by atoms with Gasteiger partial charge in [-0.25, -0.2) is 0 Å². The Kier molecular flexibility index (Phi) is 5.32. The maximum Gasteiger partial charge on any atom is 0.325 e. The number of hydrogen-bond donors (Lipinski definition) is 1. The second-order valence-corrected chi connectivity index (χ2v) is 4.40. The fourth-order valence-electron chi connectivity index (χ4n) is 1.90. The molecule has 5 heteroatoms. The number of carbonyl (C=O) groups excluding carboxylic acids is 1. The van der Waals surface area contributed by atoms with Gasteiger partial charge in [0, 0.05) is 18.9 Å². The predicted octanol–water partition coefficient (Wildman–Crippen LogP) is 1.60. The molecule has 0 aliphatic rings. The van der Waals surface area contributed by atoms with Crippen LogP contribution in [0.1, 0.15) is 12.5 Å². The summed E-state index contributed by atoms with van der Waals surface area (Å²) >= 11 is 0. The molecule has 2 aromatic rings. The van der Waals surface area contributed by atoms with Crippen LogP contribution in [0.3, 0.4) is 0 Å². The first kappa shape index (κ1) is 14.3. The second-order valence-electron chi connectivity index (χ2n) is 4.40. The minimum Gasteiger partial charge on any atom is -0.465 e. The Morgan fingerprint density at radius 3 is 2.80 bits per heavy atom. The van der Waals surface area contributed by atoms with Crippen LogP contribution in [0.25, 0.3) is 0 Å². The smallest absolute Gasteiger partial charge is 0.325 e. The van der Waals surface area contributed by atoms with Gasteiger partial charge in [0.2, 0.25) is 0 Å². The molecule has 2 rings (SSSR count). The van der Waals surface area contributed by atoms with Crippen molar-refractivity contribution in [2.24, 2.45) is 0 Å². The van der Waals surface area contributed by atoms with Crippen molar-refractivity contribution in [3.05, 3.63) is 54.4 Å². The van der Waals surface area contributed by atoms with E-state index in [4.69, 9.17) is 4.74 Å². The largest absolute Gasteiger partial charge is 0.465 e. The fraction of sp³-hybridized carbons (Fsp3) is 0.333. The Labute approximate surface area is 118 Å². The van der Waals surface area contributed by atoms with Crippen molar-refractivity contribution in [3.63, 3.8) is 0 Å². The van der Waals surface area contributed by atoms with Gasteiger partial charge >= 0.3 is 5.97 Å². The van der Waals surface area contributed by atoms with Crippen molar-refractivity contribution < 1.29 is 9.53 Å². The average molecular weight is 273 g/mol. The molecule has 0 fully saturated rings. The molecule has 20 heavy (non-hydrogen) atoms. The Hall–Kier alpha value is -2.14. The van der Waals surface area contributed by atoms with Gasteiger partial charge in [0.25, 0.3) is 0 Å². The lowest BCUT2D eigenvalue weighted by Gasteiger charge is -2.17. The highest BCUT2D eigenvalue weighted by Crippen LogP contribution is 2.01. The highest BCUT2D eigenvalue weighted by molar-refractivity contribution is 5.75. The molecule has 1 aromatic carbocycles. The van der Waals surface area contributed by atoms with E-state index in [2.05, 4.69) is 10.4 Å². The van der Waals surface area contributed by atoms with Crippen LogP contribution in [-0.2, 0) is 22.6 Å². The molecule has 0 amide bonds. The summed E-state index contributed by atoms with van der Waals surface area (Å²) in [5.74, 6) is -0.251. The van der Waals surface area contributed by atoms with Gasteiger partial charge in [0.1, 0.15) is 6.04 Å². The summed E-state index contributed by atoms with van der Waals surface area (Å²) in [5.41, 5.74) is 1.13. The zero-order valence-corrected chi connectivity index (χ0v) is 11.5. The van der Waals surface area contributed by atoms with Crippen LogP contribution < -0.4 is 5.32 Å². The number of benzene rings is 1. The van der Waals surface area contributed by atoms with E-state index in [0.29, 0.717) is 19.7 Å². The van der Waals surface area contributed by atoms with Crippen molar-refractivity contribution in [1.29, 1.82) is 0 Å². The van der Waals surface area contributed by atoms with E-state index in [-0.39, 0.29) is 5.97 Å². The van der Waals surface area contributed by atoms with Crippen molar-refractivity contribution in [1.82, 2.24) is 15.1 Å². The van der Waals surface area contributed by atoms with Crippen LogP contribution in [0.4, 0.5) is 0 Å². The molecule has 0 radical (unpaired) electrons. The molecule has 5 nitrogen and oxygen atoms in total. The lowest BCUT2D eigenvalue weighted by molar-refractivity contribution is -0.146. The van der Waals surface area contributed by atoms with Gasteiger partial charge in [-0.15, -0.1) is 0 Å². The molecule has 106 valence electrons. The highest BCUT2D eigenvalue weighted by atomic mass is 16.5. The molecule has 1 heterocycles. The number of ether oxygens (including phenoxy) is 1.